The Hall–Kier alpha value is -2.60. The Morgan fingerprint density at radius 1 is 1.09 bits per heavy atom. The van der Waals surface area contributed by atoms with E-state index in [2.05, 4.69) is 10.6 Å². The van der Waals surface area contributed by atoms with Crippen LogP contribution in [0.25, 0.3) is 0 Å². The number of amides is 1. The van der Waals surface area contributed by atoms with Crippen LogP contribution in [0.4, 0.5) is 11.4 Å². The highest BCUT2D eigenvalue weighted by molar-refractivity contribution is 7.80. The van der Waals surface area contributed by atoms with Gasteiger partial charge in [-0.2, -0.15) is 0 Å². The fourth-order valence-electron chi connectivity index (χ4n) is 2.30. The van der Waals surface area contributed by atoms with Gasteiger partial charge in [-0.05, 0) is 73.6 Å². The van der Waals surface area contributed by atoms with Gasteiger partial charge >= 0.3 is 0 Å². The number of nitrogens with two attached hydrogens (primary N) is 1. The fraction of sp³-hybridized carbons (Fsp3) is 0.176. The van der Waals surface area contributed by atoms with Gasteiger partial charge in [0, 0.05) is 16.9 Å². The van der Waals surface area contributed by atoms with Crippen molar-refractivity contribution < 1.29 is 9.53 Å². The Bertz CT molecular complexity index is 719. The van der Waals surface area contributed by atoms with Crippen molar-refractivity contribution >= 4 is 34.6 Å². The summed E-state index contributed by atoms with van der Waals surface area (Å²) in [6.07, 6.45) is 0. The van der Waals surface area contributed by atoms with Crippen LogP contribution in [0, 0.1) is 13.8 Å². The number of methoxy groups -OCH3 is 1. The molecule has 0 aliphatic rings. The molecule has 6 heteroatoms. The molecule has 1 amide bonds. The first-order valence-corrected chi connectivity index (χ1v) is 7.44. The van der Waals surface area contributed by atoms with Crippen molar-refractivity contribution in [2.75, 3.05) is 17.7 Å². The number of nitrogens with one attached hydrogen (secondary N) is 2. The summed E-state index contributed by atoms with van der Waals surface area (Å²) < 4.78 is 5.09. The largest absolute Gasteiger partial charge is 0.497 e. The van der Waals surface area contributed by atoms with Crippen molar-refractivity contribution in [2.24, 2.45) is 5.73 Å². The summed E-state index contributed by atoms with van der Waals surface area (Å²) in [5.74, 6) is 0.538. The number of carbonyl (C=O) groups excluding carboxylic acids is 1. The van der Waals surface area contributed by atoms with Crippen molar-refractivity contribution in [1.82, 2.24) is 0 Å². The summed E-state index contributed by atoms with van der Waals surface area (Å²) in [7, 11) is 1.59. The summed E-state index contributed by atoms with van der Waals surface area (Å²) in [5.41, 5.74) is 9.47. The van der Waals surface area contributed by atoms with Gasteiger partial charge in [-0.25, -0.2) is 0 Å². The van der Waals surface area contributed by atoms with E-state index >= 15 is 0 Å². The molecule has 0 spiro atoms. The van der Waals surface area contributed by atoms with Crippen LogP contribution in [-0.4, -0.2) is 18.1 Å². The Labute approximate surface area is 140 Å². The Balaban J connectivity index is 2.21. The lowest BCUT2D eigenvalue weighted by Crippen LogP contribution is -2.19. The fourth-order valence-corrected chi connectivity index (χ4v) is 2.42. The first-order chi connectivity index (χ1) is 10.9. The van der Waals surface area contributed by atoms with Gasteiger partial charge in [0.25, 0.3) is 5.91 Å². The lowest BCUT2D eigenvalue weighted by Gasteiger charge is -2.14. The summed E-state index contributed by atoms with van der Waals surface area (Å²) in [4.78, 5) is 12.4. The molecule has 0 fully saturated rings. The smallest absolute Gasteiger partial charge is 0.255 e. The highest BCUT2D eigenvalue weighted by Gasteiger charge is 2.11. The quantitative estimate of drug-likeness (QED) is 0.751. The third-order valence-corrected chi connectivity index (χ3v) is 3.49. The molecule has 0 atom stereocenters. The highest BCUT2D eigenvalue weighted by Crippen LogP contribution is 2.25. The van der Waals surface area contributed by atoms with Crippen LogP contribution < -0.4 is 21.1 Å². The van der Waals surface area contributed by atoms with E-state index in [0.29, 0.717) is 11.3 Å². The maximum absolute atomic E-state index is 12.4. The van der Waals surface area contributed by atoms with E-state index < -0.39 is 0 Å². The second-order valence-corrected chi connectivity index (χ2v) is 5.60. The van der Waals surface area contributed by atoms with E-state index in [4.69, 9.17) is 22.7 Å². The van der Waals surface area contributed by atoms with Gasteiger partial charge in [0.2, 0.25) is 0 Å². The average molecular weight is 329 g/mol. The van der Waals surface area contributed by atoms with Crippen molar-refractivity contribution in [3.63, 3.8) is 0 Å². The average Bonchev–Trinajstić information content (AvgIpc) is 2.50. The van der Waals surface area contributed by atoms with E-state index in [1.54, 1.807) is 31.4 Å². The number of carbonyl (C=O) groups is 1. The predicted molar refractivity (Wildman–Crippen MR) is 97.3 cm³/mol. The molecule has 4 N–H and O–H groups in total. The number of thiocarbonyl (C=S) groups is 1. The molecule has 2 aromatic carbocycles. The summed E-state index contributed by atoms with van der Waals surface area (Å²) in [5, 5.41) is 6.04. The minimum atomic E-state index is -0.172. The van der Waals surface area contributed by atoms with Crippen LogP contribution in [0.15, 0.2) is 36.4 Å². The number of aryl methyl sites for hydroxylation is 2. The van der Waals surface area contributed by atoms with Crippen molar-refractivity contribution in [3.05, 3.63) is 53.1 Å². The maximum atomic E-state index is 12.4. The SMILES string of the molecule is COc1ccc(C(=O)Nc2c(C)cc(NC(N)=S)cc2C)cc1. The normalized spacial score (nSPS) is 10.0. The summed E-state index contributed by atoms with van der Waals surface area (Å²) >= 11 is 4.84. The van der Waals surface area contributed by atoms with Crippen LogP contribution >= 0.6 is 12.2 Å². The van der Waals surface area contributed by atoms with Crippen LogP contribution in [-0.2, 0) is 0 Å². The Morgan fingerprint density at radius 2 is 1.65 bits per heavy atom. The highest BCUT2D eigenvalue weighted by atomic mass is 32.1. The van der Waals surface area contributed by atoms with E-state index in [0.717, 1.165) is 22.5 Å². The van der Waals surface area contributed by atoms with E-state index in [1.807, 2.05) is 26.0 Å². The molecule has 0 radical (unpaired) electrons. The van der Waals surface area contributed by atoms with Crippen molar-refractivity contribution in [3.8, 4) is 5.75 Å². The van der Waals surface area contributed by atoms with Crippen LogP contribution in [0.1, 0.15) is 21.5 Å². The molecular formula is C17H19N3O2S. The van der Waals surface area contributed by atoms with Gasteiger partial charge in [-0.1, -0.05) is 0 Å². The number of hydrogen-bond acceptors (Lipinski definition) is 3. The van der Waals surface area contributed by atoms with Crippen LogP contribution in [0.5, 0.6) is 5.75 Å². The zero-order valence-electron chi connectivity index (χ0n) is 13.3. The minimum Gasteiger partial charge on any atom is -0.497 e. The number of benzene rings is 2. The molecule has 0 saturated heterocycles. The molecule has 2 rings (SSSR count). The second-order valence-electron chi connectivity index (χ2n) is 5.16. The molecule has 0 aromatic heterocycles. The lowest BCUT2D eigenvalue weighted by atomic mass is 10.1. The summed E-state index contributed by atoms with van der Waals surface area (Å²) in [6.45, 7) is 3.84. The summed E-state index contributed by atoms with van der Waals surface area (Å²) in [6, 6.07) is 10.7. The third-order valence-electron chi connectivity index (χ3n) is 3.39. The van der Waals surface area contributed by atoms with Gasteiger partial charge < -0.3 is 21.1 Å². The Kier molecular flexibility index (Phi) is 5.18. The van der Waals surface area contributed by atoms with E-state index in [-0.39, 0.29) is 11.0 Å². The molecule has 0 heterocycles. The maximum Gasteiger partial charge on any atom is 0.255 e. The molecule has 23 heavy (non-hydrogen) atoms. The van der Waals surface area contributed by atoms with Gasteiger partial charge in [-0.15, -0.1) is 0 Å². The molecular weight excluding hydrogens is 310 g/mol. The van der Waals surface area contributed by atoms with Crippen LogP contribution in [0.2, 0.25) is 0 Å². The second kappa shape index (κ2) is 7.11. The topological polar surface area (TPSA) is 76.4 Å². The third kappa shape index (κ3) is 4.20. The first-order valence-electron chi connectivity index (χ1n) is 7.04. The van der Waals surface area contributed by atoms with Crippen LogP contribution in [0.3, 0.4) is 0 Å². The Morgan fingerprint density at radius 3 is 2.13 bits per heavy atom. The zero-order chi connectivity index (χ0) is 17.0. The number of anilines is 2. The molecule has 120 valence electrons. The molecule has 0 aliphatic heterocycles. The molecule has 0 bridgehead atoms. The number of ether oxygens (including phenoxy) is 1. The number of rotatable bonds is 4. The molecule has 0 saturated carbocycles. The number of hydrogen-bond donors (Lipinski definition) is 3. The standard InChI is InChI=1S/C17H19N3O2S/c1-10-8-13(19-17(18)23)9-11(2)15(10)20-16(21)12-4-6-14(22-3)7-5-12/h4-9H,1-3H3,(H,20,21)(H3,18,19,23). The van der Waals surface area contributed by atoms with Gasteiger partial charge in [0.15, 0.2) is 5.11 Å². The van der Waals surface area contributed by atoms with E-state index in [9.17, 15) is 4.79 Å². The minimum absolute atomic E-state index is 0.172. The predicted octanol–water partition coefficient (Wildman–Crippen LogP) is 3.22. The first kappa shape index (κ1) is 16.8. The molecule has 0 aliphatic carbocycles. The molecule has 2 aromatic rings. The van der Waals surface area contributed by atoms with Gasteiger partial charge in [-0.3, -0.25) is 4.79 Å². The van der Waals surface area contributed by atoms with Gasteiger partial charge in [0.1, 0.15) is 5.75 Å². The molecule has 5 nitrogen and oxygen atoms in total. The van der Waals surface area contributed by atoms with E-state index in [1.165, 1.54) is 0 Å². The lowest BCUT2D eigenvalue weighted by molar-refractivity contribution is 0.102. The van der Waals surface area contributed by atoms with Crippen molar-refractivity contribution in [1.29, 1.82) is 0 Å². The molecule has 0 unspecified atom stereocenters. The van der Waals surface area contributed by atoms with Gasteiger partial charge in [0.05, 0.1) is 7.11 Å². The monoisotopic (exact) mass is 329 g/mol. The van der Waals surface area contributed by atoms with Crippen molar-refractivity contribution in [2.45, 2.75) is 13.8 Å². The zero-order valence-corrected chi connectivity index (χ0v) is 14.1.